The number of carbonyl (C=O) groups excluding carboxylic acids is 1. The van der Waals surface area contributed by atoms with Crippen LogP contribution >= 0.6 is 0 Å². The normalized spacial score (nSPS) is 11.4. The van der Waals surface area contributed by atoms with E-state index in [1.165, 1.54) is 25.7 Å². The van der Waals surface area contributed by atoms with Gasteiger partial charge in [-0.05, 0) is 25.0 Å². The Morgan fingerprint density at radius 1 is 1.21 bits per heavy atom. The maximum absolute atomic E-state index is 12.1. The van der Waals surface area contributed by atoms with Gasteiger partial charge in [0.15, 0.2) is 5.78 Å². The summed E-state index contributed by atoms with van der Waals surface area (Å²) < 4.78 is 0. The van der Waals surface area contributed by atoms with Crippen molar-refractivity contribution in [3.8, 4) is 0 Å². The molecule has 0 amide bonds. The number of H-pyrrole nitrogens is 1. The molecule has 0 spiro atoms. The molecule has 2 nitrogen and oxygen atoms in total. The van der Waals surface area contributed by atoms with Gasteiger partial charge >= 0.3 is 0 Å². The van der Waals surface area contributed by atoms with Crippen LogP contribution in [0.2, 0.25) is 0 Å². The lowest BCUT2D eigenvalue weighted by Gasteiger charge is -1.95. The van der Waals surface area contributed by atoms with E-state index in [4.69, 9.17) is 0 Å². The molecular weight excluding hydrogens is 234 g/mol. The number of aromatic amines is 1. The van der Waals surface area contributed by atoms with Gasteiger partial charge in [0.25, 0.3) is 0 Å². The average Bonchev–Trinajstić information content (AvgIpc) is 2.86. The molecule has 1 aromatic heterocycles. The van der Waals surface area contributed by atoms with Crippen LogP contribution in [0, 0.1) is 0 Å². The molecule has 0 saturated heterocycles. The largest absolute Gasteiger partial charge is 0.360 e. The Hall–Kier alpha value is -1.83. The molecule has 1 N–H and O–H groups in total. The van der Waals surface area contributed by atoms with Crippen molar-refractivity contribution in [2.45, 2.75) is 39.0 Å². The number of aromatic nitrogens is 1. The van der Waals surface area contributed by atoms with Gasteiger partial charge < -0.3 is 4.98 Å². The number of nitrogens with one attached hydrogen (secondary N) is 1. The highest BCUT2D eigenvalue weighted by Gasteiger charge is 2.07. The van der Waals surface area contributed by atoms with Crippen LogP contribution in [0.1, 0.15) is 49.4 Å². The molecule has 0 aliphatic rings. The molecule has 0 aliphatic heterocycles. The van der Waals surface area contributed by atoms with Crippen molar-refractivity contribution in [1.29, 1.82) is 0 Å². The molecule has 0 bridgehead atoms. The van der Waals surface area contributed by atoms with E-state index in [1.807, 2.05) is 30.3 Å². The summed E-state index contributed by atoms with van der Waals surface area (Å²) in [6, 6.07) is 7.90. The van der Waals surface area contributed by atoms with E-state index in [1.54, 1.807) is 12.3 Å². The molecule has 2 rings (SSSR count). The molecule has 0 unspecified atom stereocenters. The van der Waals surface area contributed by atoms with Crippen LogP contribution in [-0.2, 0) is 0 Å². The van der Waals surface area contributed by atoms with Gasteiger partial charge in [0.1, 0.15) is 0 Å². The molecule has 0 fully saturated rings. The fourth-order valence-corrected chi connectivity index (χ4v) is 2.24. The lowest BCUT2D eigenvalue weighted by Crippen LogP contribution is -1.92. The van der Waals surface area contributed by atoms with Crippen LogP contribution in [0.15, 0.2) is 42.6 Å². The van der Waals surface area contributed by atoms with Crippen LogP contribution in [-0.4, -0.2) is 10.8 Å². The number of ketones is 1. The van der Waals surface area contributed by atoms with Crippen LogP contribution in [0.3, 0.4) is 0 Å². The molecule has 2 aromatic rings. The maximum atomic E-state index is 12.1. The monoisotopic (exact) mass is 255 g/mol. The molecule has 0 aliphatic carbocycles. The van der Waals surface area contributed by atoms with E-state index in [2.05, 4.69) is 11.9 Å². The van der Waals surface area contributed by atoms with E-state index in [0.29, 0.717) is 0 Å². The summed E-state index contributed by atoms with van der Waals surface area (Å²) in [7, 11) is 0. The minimum atomic E-state index is 0.0907. The summed E-state index contributed by atoms with van der Waals surface area (Å²) in [6.45, 7) is 2.20. The Morgan fingerprint density at radius 2 is 2.05 bits per heavy atom. The van der Waals surface area contributed by atoms with E-state index in [9.17, 15) is 4.79 Å². The van der Waals surface area contributed by atoms with Gasteiger partial charge in [-0.15, -0.1) is 0 Å². The molecule has 1 heterocycles. The molecule has 19 heavy (non-hydrogen) atoms. The zero-order valence-corrected chi connectivity index (χ0v) is 11.5. The Morgan fingerprint density at radius 3 is 2.89 bits per heavy atom. The first-order valence-corrected chi connectivity index (χ1v) is 7.10. The van der Waals surface area contributed by atoms with Crippen molar-refractivity contribution < 1.29 is 4.79 Å². The average molecular weight is 255 g/mol. The minimum absolute atomic E-state index is 0.0907. The minimum Gasteiger partial charge on any atom is -0.360 e. The van der Waals surface area contributed by atoms with Crippen LogP contribution in [0.5, 0.6) is 0 Å². The number of hydrogen-bond donors (Lipinski definition) is 1. The quantitative estimate of drug-likeness (QED) is 0.427. The van der Waals surface area contributed by atoms with Gasteiger partial charge in [-0.3, -0.25) is 4.79 Å². The molecule has 0 atom stereocenters. The molecule has 0 saturated carbocycles. The first kappa shape index (κ1) is 13.6. The number of benzene rings is 1. The smallest absolute Gasteiger partial charge is 0.187 e. The van der Waals surface area contributed by atoms with E-state index < -0.39 is 0 Å². The lowest BCUT2D eigenvalue weighted by atomic mass is 10.1. The van der Waals surface area contributed by atoms with Crippen molar-refractivity contribution in [2.24, 2.45) is 0 Å². The second kappa shape index (κ2) is 6.93. The van der Waals surface area contributed by atoms with Gasteiger partial charge in [0.2, 0.25) is 0 Å². The van der Waals surface area contributed by atoms with Gasteiger partial charge in [-0.2, -0.15) is 0 Å². The molecule has 1 aromatic carbocycles. The number of rotatable bonds is 7. The fourth-order valence-electron chi connectivity index (χ4n) is 2.24. The number of allylic oxidation sites excluding steroid dienone is 2. The molecule has 100 valence electrons. The van der Waals surface area contributed by atoms with Crippen molar-refractivity contribution >= 4 is 16.7 Å². The highest BCUT2D eigenvalue weighted by atomic mass is 16.1. The van der Waals surface area contributed by atoms with Crippen LogP contribution in [0.4, 0.5) is 0 Å². The van der Waals surface area contributed by atoms with Crippen molar-refractivity contribution in [1.82, 2.24) is 4.98 Å². The van der Waals surface area contributed by atoms with Crippen molar-refractivity contribution in [3.05, 3.63) is 48.2 Å². The second-order valence-corrected chi connectivity index (χ2v) is 4.86. The Labute approximate surface area is 114 Å². The number of hydrogen-bond acceptors (Lipinski definition) is 1. The third kappa shape index (κ3) is 3.57. The predicted octanol–water partition coefficient (Wildman–Crippen LogP) is 4.88. The van der Waals surface area contributed by atoms with E-state index in [0.717, 1.165) is 22.9 Å². The SMILES string of the molecule is CCCCCCC=CC(=O)c1c[nH]c2ccccc12. The van der Waals surface area contributed by atoms with Gasteiger partial charge in [0.05, 0.1) is 0 Å². The summed E-state index contributed by atoms with van der Waals surface area (Å²) in [6.07, 6.45) is 11.5. The highest BCUT2D eigenvalue weighted by molar-refractivity contribution is 6.13. The highest BCUT2D eigenvalue weighted by Crippen LogP contribution is 2.18. The summed E-state index contributed by atoms with van der Waals surface area (Å²) in [5, 5.41) is 1.00. The van der Waals surface area contributed by atoms with Gasteiger partial charge in [-0.1, -0.05) is 50.5 Å². The maximum Gasteiger partial charge on any atom is 0.187 e. The molecular formula is C17H21NO. The third-order valence-electron chi connectivity index (χ3n) is 3.35. The molecule has 0 radical (unpaired) electrons. The summed E-state index contributed by atoms with van der Waals surface area (Å²) in [5.41, 5.74) is 1.78. The second-order valence-electron chi connectivity index (χ2n) is 4.86. The van der Waals surface area contributed by atoms with Gasteiger partial charge in [0, 0.05) is 22.7 Å². The number of unbranched alkanes of at least 4 members (excludes halogenated alkanes) is 4. The standard InChI is InChI=1S/C17H21NO/c1-2-3-4-5-6-7-12-17(19)15-13-18-16-11-9-8-10-14(15)16/h7-13,18H,2-6H2,1H3. The Bertz CT molecular complexity index is 565. The molecule has 2 heteroatoms. The fraction of sp³-hybridized carbons (Fsp3) is 0.353. The third-order valence-corrected chi connectivity index (χ3v) is 3.35. The number of fused-ring (bicyclic) bond motifs is 1. The lowest BCUT2D eigenvalue weighted by molar-refractivity contribution is 0.104. The van der Waals surface area contributed by atoms with Crippen molar-refractivity contribution in [3.63, 3.8) is 0 Å². The summed E-state index contributed by atoms with van der Waals surface area (Å²) in [4.78, 5) is 15.2. The van der Waals surface area contributed by atoms with Crippen molar-refractivity contribution in [2.75, 3.05) is 0 Å². The zero-order valence-electron chi connectivity index (χ0n) is 11.5. The van der Waals surface area contributed by atoms with Crippen LogP contribution in [0.25, 0.3) is 10.9 Å². The zero-order chi connectivity index (χ0) is 13.5. The topological polar surface area (TPSA) is 32.9 Å². The van der Waals surface area contributed by atoms with Gasteiger partial charge in [-0.25, -0.2) is 0 Å². The Balaban J connectivity index is 1.94. The number of para-hydroxylation sites is 1. The van der Waals surface area contributed by atoms with E-state index in [-0.39, 0.29) is 5.78 Å². The summed E-state index contributed by atoms with van der Waals surface area (Å²) in [5.74, 6) is 0.0907. The number of carbonyl (C=O) groups is 1. The summed E-state index contributed by atoms with van der Waals surface area (Å²) >= 11 is 0. The first-order chi connectivity index (χ1) is 9.33. The van der Waals surface area contributed by atoms with E-state index >= 15 is 0 Å². The Kier molecular flexibility index (Phi) is 4.96. The first-order valence-electron chi connectivity index (χ1n) is 7.10. The van der Waals surface area contributed by atoms with Crippen LogP contribution < -0.4 is 0 Å². The predicted molar refractivity (Wildman–Crippen MR) is 80.5 cm³/mol.